The van der Waals surface area contributed by atoms with E-state index in [1.807, 2.05) is 38.2 Å². The summed E-state index contributed by atoms with van der Waals surface area (Å²) in [5, 5.41) is 10.3. The van der Waals surface area contributed by atoms with Gasteiger partial charge < -0.3 is 14.7 Å². The number of ether oxygens (including phenoxy) is 1. The van der Waals surface area contributed by atoms with Gasteiger partial charge >= 0.3 is 0 Å². The molecule has 1 heterocycles. The van der Waals surface area contributed by atoms with Crippen molar-refractivity contribution in [2.24, 2.45) is 0 Å². The number of fused-ring (bicyclic) bond motifs is 1. The van der Waals surface area contributed by atoms with Gasteiger partial charge in [0.25, 0.3) is 0 Å². The molecule has 1 aliphatic rings. The molecule has 0 amide bonds. The molecule has 26 heavy (non-hydrogen) atoms. The summed E-state index contributed by atoms with van der Waals surface area (Å²) < 4.78 is 5.92. The Hall–Kier alpha value is -2.59. The molecule has 4 heteroatoms. The van der Waals surface area contributed by atoms with Crippen LogP contribution < -0.4 is 4.74 Å². The number of unbranched alkanes of at least 4 members (excludes halogenated alkanes) is 1. The maximum Gasteiger partial charge on any atom is 0.231 e. The fourth-order valence-electron chi connectivity index (χ4n) is 3.12. The van der Waals surface area contributed by atoms with Crippen LogP contribution in [0.4, 0.5) is 0 Å². The number of rotatable bonds is 6. The molecule has 0 unspecified atom stereocenters. The Morgan fingerprint density at radius 2 is 1.96 bits per heavy atom. The highest BCUT2D eigenvalue weighted by Crippen LogP contribution is 2.40. The zero-order valence-electron chi connectivity index (χ0n) is 15.6. The molecule has 1 aliphatic heterocycles. The molecule has 2 aromatic carbocycles. The van der Waals surface area contributed by atoms with Gasteiger partial charge in [-0.25, -0.2) is 0 Å². The molecule has 0 aromatic heterocycles. The predicted octanol–water partition coefficient (Wildman–Crippen LogP) is 4.55. The Morgan fingerprint density at radius 3 is 2.69 bits per heavy atom. The molecule has 0 atom stereocenters. The standard InChI is InChI=1S/C22H25NO3/c1-4-5-12-23(3)14-18-19(24)11-10-17-21(25)20(26-22(17)18)13-16-9-7-6-8-15(16)2/h6-11,13,24H,4-5,12,14H2,1-3H3/b20-13-. The maximum absolute atomic E-state index is 12.7. The third-order valence-corrected chi connectivity index (χ3v) is 4.71. The Kier molecular flexibility index (Phi) is 5.43. The molecule has 136 valence electrons. The molecule has 0 aliphatic carbocycles. The van der Waals surface area contributed by atoms with Crippen LogP contribution in [-0.4, -0.2) is 29.4 Å². The first-order chi connectivity index (χ1) is 12.5. The molecule has 0 spiro atoms. The molecule has 0 saturated heterocycles. The van der Waals surface area contributed by atoms with E-state index >= 15 is 0 Å². The smallest absolute Gasteiger partial charge is 0.231 e. The van der Waals surface area contributed by atoms with Crippen LogP contribution in [-0.2, 0) is 6.54 Å². The van der Waals surface area contributed by atoms with E-state index in [2.05, 4.69) is 11.8 Å². The second-order valence-corrected chi connectivity index (χ2v) is 6.83. The van der Waals surface area contributed by atoms with Crippen LogP contribution in [0.2, 0.25) is 0 Å². The molecule has 0 fully saturated rings. The van der Waals surface area contributed by atoms with E-state index in [1.54, 1.807) is 18.2 Å². The minimum absolute atomic E-state index is 0.138. The van der Waals surface area contributed by atoms with E-state index in [1.165, 1.54) is 0 Å². The second kappa shape index (κ2) is 7.75. The number of phenols is 1. The average Bonchev–Trinajstić information content (AvgIpc) is 2.94. The third kappa shape index (κ3) is 3.65. The van der Waals surface area contributed by atoms with E-state index in [4.69, 9.17) is 4.74 Å². The van der Waals surface area contributed by atoms with Crippen molar-refractivity contribution in [3.8, 4) is 11.5 Å². The van der Waals surface area contributed by atoms with Crippen molar-refractivity contribution < 1.29 is 14.6 Å². The number of hydrogen-bond acceptors (Lipinski definition) is 4. The Labute approximate surface area is 154 Å². The van der Waals surface area contributed by atoms with Gasteiger partial charge in [-0.3, -0.25) is 4.79 Å². The van der Waals surface area contributed by atoms with Gasteiger partial charge in [0, 0.05) is 6.54 Å². The monoisotopic (exact) mass is 351 g/mol. The summed E-state index contributed by atoms with van der Waals surface area (Å²) in [6.07, 6.45) is 3.98. The fourth-order valence-corrected chi connectivity index (χ4v) is 3.12. The van der Waals surface area contributed by atoms with Crippen molar-refractivity contribution in [2.75, 3.05) is 13.6 Å². The number of Topliss-reactive ketones (excluding diaryl/α,β-unsaturated/α-hetero) is 1. The first kappa shape index (κ1) is 18.2. The van der Waals surface area contributed by atoms with Gasteiger partial charge in [0.05, 0.1) is 11.1 Å². The van der Waals surface area contributed by atoms with Crippen LogP contribution in [0.5, 0.6) is 11.5 Å². The van der Waals surface area contributed by atoms with Gasteiger partial charge in [0.1, 0.15) is 11.5 Å². The van der Waals surface area contributed by atoms with Crippen LogP contribution in [0.15, 0.2) is 42.2 Å². The quantitative estimate of drug-likeness (QED) is 0.776. The van der Waals surface area contributed by atoms with Gasteiger partial charge in [-0.05, 0) is 56.3 Å². The molecule has 0 saturated carbocycles. The molecule has 3 rings (SSSR count). The summed E-state index contributed by atoms with van der Waals surface area (Å²) in [6, 6.07) is 11.1. The predicted molar refractivity (Wildman–Crippen MR) is 103 cm³/mol. The van der Waals surface area contributed by atoms with Crippen molar-refractivity contribution in [3.63, 3.8) is 0 Å². The summed E-state index contributed by atoms with van der Waals surface area (Å²) in [7, 11) is 2.01. The first-order valence-corrected chi connectivity index (χ1v) is 9.04. The molecular weight excluding hydrogens is 326 g/mol. The van der Waals surface area contributed by atoms with E-state index < -0.39 is 0 Å². The molecule has 2 aromatic rings. The number of ketones is 1. The second-order valence-electron chi connectivity index (χ2n) is 6.83. The van der Waals surface area contributed by atoms with Crippen molar-refractivity contribution in [1.29, 1.82) is 0 Å². The van der Waals surface area contributed by atoms with Crippen LogP contribution in [0.25, 0.3) is 6.08 Å². The Balaban J connectivity index is 1.92. The third-order valence-electron chi connectivity index (χ3n) is 4.71. The number of benzene rings is 2. The molecule has 4 nitrogen and oxygen atoms in total. The van der Waals surface area contributed by atoms with Gasteiger partial charge in [-0.15, -0.1) is 0 Å². The topological polar surface area (TPSA) is 49.8 Å². The zero-order chi connectivity index (χ0) is 18.7. The summed E-state index contributed by atoms with van der Waals surface area (Å²) in [6.45, 7) is 5.62. The number of allylic oxidation sites excluding steroid dienone is 1. The van der Waals surface area contributed by atoms with Gasteiger partial charge in [0.15, 0.2) is 5.76 Å². The van der Waals surface area contributed by atoms with E-state index in [0.29, 0.717) is 29.2 Å². The largest absolute Gasteiger partial charge is 0.507 e. The van der Waals surface area contributed by atoms with E-state index in [-0.39, 0.29) is 11.5 Å². The average molecular weight is 351 g/mol. The first-order valence-electron chi connectivity index (χ1n) is 9.04. The highest BCUT2D eigenvalue weighted by atomic mass is 16.5. The fraction of sp³-hybridized carbons (Fsp3) is 0.318. The highest BCUT2D eigenvalue weighted by Gasteiger charge is 2.31. The minimum atomic E-state index is -0.138. The van der Waals surface area contributed by atoms with E-state index in [0.717, 1.165) is 30.5 Å². The minimum Gasteiger partial charge on any atom is -0.507 e. The summed E-state index contributed by atoms with van der Waals surface area (Å²) >= 11 is 0. The lowest BCUT2D eigenvalue weighted by Gasteiger charge is -2.18. The SMILES string of the molecule is CCCCN(C)Cc1c(O)ccc2c1O/C(=C\c1ccccc1C)C2=O. The van der Waals surface area contributed by atoms with Crippen LogP contribution in [0, 0.1) is 6.92 Å². The molecular formula is C22H25NO3. The number of carbonyl (C=O) groups excluding carboxylic acids is 1. The van der Waals surface area contributed by atoms with Crippen LogP contribution in [0.3, 0.4) is 0 Å². The lowest BCUT2D eigenvalue weighted by Crippen LogP contribution is -2.19. The summed E-state index contributed by atoms with van der Waals surface area (Å²) in [5.74, 6) is 0.813. The van der Waals surface area contributed by atoms with Gasteiger partial charge in [0.2, 0.25) is 5.78 Å². The molecule has 0 bridgehead atoms. The zero-order valence-corrected chi connectivity index (χ0v) is 15.6. The highest BCUT2D eigenvalue weighted by molar-refractivity contribution is 6.15. The number of nitrogens with zero attached hydrogens (tertiary/aromatic N) is 1. The normalized spacial score (nSPS) is 14.8. The molecule has 0 radical (unpaired) electrons. The van der Waals surface area contributed by atoms with Crippen LogP contribution in [0.1, 0.15) is 46.8 Å². The van der Waals surface area contributed by atoms with Crippen molar-refractivity contribution in [2.45, 2.75) is 33.2 Å². The molecule has 1 N–H and O–H groups in total. The lowest BCUT2D eigenvalue weighted by atomic mass is 10.0. The summed E-state index contributed by atoms with van der Waals surface area (Å²) in [5.41, 5.74) is 3.22. The van der Waals surface area contributed by atoms with Crippen LogP contribution >= 0.6 is 0 Å². The van der Waals surface area contributed by atoms with Gasteiger partial charge in [-0.1, -0.05) is 37.6 Å². The number of hydrogen-bond donors (Lipinski definition) is 1. The maximum atomic E-state index is 12.7. The van der Waals surface area contributed by atoms with Gasteiger partial charge in [-0.2, -0.15) is 0 Å². The van der Waals surface area contributed by atoms with Crippen molar-refractivity contribution in [3.05, 3.63) is 64.4 Å². The number of aromatic hydroxyl groups is 1. The Morgan fingerprint density at radius 1 is 1.19 bits per heavy atom. The Bertz CT molecular complexity index is 854. The lowest BCUT2D eigenvalue weighted by molar-refractivity contribution is 0.101. The number of phenolic OH excluding ortho intramolecular Hbond substituents is 1. The van der Waals surface area contributed by atoms with E-state index in [9.17, 15) is 9.90 Å². The van der Waals surface area contributed by atoms with Crippen molar-refractivity contribution >= 4 is 11.9 Å². The summed E-state index contributed by atoms with van der Waals surface area (Å²) in [4.78, 5) is 14.9. The number of aryl methyl sites for hydroxylation is 1. The van der Waals surface area contributed by atoms with Crippen molar-refractivity contribution in [1.82, 2.24) is 4.90 Å². The number of carbonyl (C=O) groups is 1.